The van der Waals surface area contributed by atoms with Gasteiger partial charge in [0.25, 0.3) is 0 Å². The molecular formula is C24H23N5O. The maximum atomic E-state index is 12.6. The fraction of sp³-hybridized carbons (Fsp3) is 0.167. The number of aromatic nitrogens is 4. The van der Waals surface area contributed by atoms with Crippen LogP contribution in [0.4, 0.5) is 4.79 Å². The van der Waals surface area contributed by atoms with E-state index in [9.17, 15) is 4.79 Å². The summed E-state index contributed by atoms with van der Waals surface area (Å²) in [5.41, 5.74) is 7.69. The Bertz CT molecular complexity index is 1200. The van der Waals surface area contributed by atoms with Crippen molar-refractivity contribution in [3.63, 3.8) is 0 Å². The molecule has 4 aromatic rings. The highest BCUT2D eigenvalue weighted by Crippen LogP contribution is 2.23. The van der Waals surface area contributed by atoms with E-state index in [-0.39, 0.29) is 6.03 Å². The lowest BCUT2D eigenvalue weighted by atomic mass is 10.1. The predicted octanol–water partition coefficient (Wildman–Crippen LogP) is 4.69. The van der Waals surface area contributed by atoms with Crippen molar-refractivity contribution in [2.24, 2.45) is 0 Å². The third-order valence-electron chi connectivity index (χ3n) is 4.94. The largest absolute Gasteiger partial charge is 0.342 e. The molecule has 0 bridgehead atoms. The maximum Gasteiger partial charge on any atom is 0.342 e. The van der Waals surface area contributed by atoms with Gasteiger partial charge in [-0.15, -0.1) is 0 Å². The van der Waals surface area contributed by atoms with Crippen molar-refractivity contribution >= 4 is 6.03 Å². The number of hydrogen-bond donors (Lipinski definition) is 1. The van der Waals surface area contributed by atoms with E-state index in [4.69, 9.17) is 0 Å². The number of nitrogens with one attached hydrogen (secondary N) is 1. The molecule has 1 N–H and O–H groups in total. The Morgan fingerprint density at radius 2 is 1.80 bits per heavy atom. The molecule has 0 aliphatic carbocycles. The van der Waals surface area contributed by atoms with E-state index < -0.39 is 0 Å². The van der Waals surface area contributed by atoms with Crippen LogP contribution in [0.2, 0.25) is 0 Å². The molecular weight excluding hydrogens is 374 g/mol. The van der Waals surface area contributed by atoms with Gasteiger partial charge in [0, 0.05) is 42.0 Å². The third-order valence-corrected chi connectivity index (χ3v) is 4.94. The molecule has 0 aliphatic heterocycles. The van der Waals surface area contributed by atoms with Crippen LogP contribution in [0.1, 0.15) is 22.5 Å². The van der Waals surface area contributed by atoms with E-state index in [0.717, 1.165) is 44.9 Å². The number of pyridine rings is 2. The van der Waals surface area contributed by atoms with Gasteiger partial charge in [-0.2, -0.15) is 9.78 Å². The molecule has 30 heavy (non-hydrogen) atoms. The highest BCUT2D eigenvalue weighted by Gasteiger charge is 2.12. The average Bonchev–Trinajstić information content (AvgIpc) is 3.14. The highest BCUT2D eigenvalue weighted by molar-refractivity contribution is 5.78. The third kappa shape index (κ3) is 4.12. The Morgan fingerprint density at radius 1 is 1.00 bits per heavy atom. The molecule has 1 amide bonds. The van der Waals surface area contributed by atoms with E-state index in [2.05, 4.69) is 20.4 Å². The van der Waals surface area contributed by atoms with E-state index >= 15 is 0 Å². The van der Waals surface area contributed by atoms with Crippen molar-refractivity contribution < 1.29 is 4.79 Å². The minimum atomic E-state index is -0.272. The van der Waals surface area contributed by atoms with E-state index in [1.807, 2.05) is 69.3 Å². The number of amides is 1. The number of rotatable bonds is 4. The summed E-state index contributed by atoms with van der Waals surface area (Å²) in [4.78, 5) is 21.4. The van der Waals surface area contributed by atoms with Gasteiger partial charge in [0.15, 0.2) is 0 Å². The number of carbonyl (C=O) groups is 1. The van der Waals surface area contributed by atoms with Crippen LogP contribution in [0.15, 0.2) is 67.1 Å². The summed E-state index contributed by atoms with van der Waals surface area (Å²) < 4.78 is 1.35. The van der Waals surface area contributed by atoms with Crippen LogP contribution in [-0.4, -0.2) is 25.8 Å². The molecule has 0 radical (unpaired) electrons. The first-order chi connectivity index (χ1) is 14.5. The molecule has 3 heterocycles. The van der Waals surface area contributed by atoms with Crippen LogP contribution >= 0.6 is 0 Å². The number of nitrogens with zero attached hydrogens (tertiary/aromatic N) is 4. The van der Waals surface area contributed by atoms with Gasteiger partial charge in [0.1, 0.15) is 0 Å². The molecule has 6 heteroatoms. The minimum absolute atomic E-state index is 0.272. The first kappa shape index (κ1) is 19.5. The Balaban J connectivity index is 1.46. The molecule has 1 aromatic carbocycles. The van der Waals surface area contributed by atoms with Crippen LogP contribution in [0, 0.1) is 20.8 Å². The van der Waals surface area contributed by atoms with Gasteiger partial charge in [-0.25, -0.2) is 4.79 Å². The summed E-state index contributed by atoms with van der Waals surface area (Å²) in [5.74, 6) is 0. The van der Waals surface area contributed by atoms with Crippen LogP contribution in [0.3, 0.4) is 0 Å². The number of aryl methyl sites for hydroxylation is 3. The Hall–Kier alpha value is -3.80. The van der Waals surface area contributed by atoms with Gasteiger partial charge < -0.3 is 5.32 Å². The normalized spacial score (nSPS) is 10.8. The molecule has 150 valence electrons. The summed E-state index contributed by atoms with van der Waals surface area (Å²) in [7, 11) is 0. The molecule has 0 unspecified atom stereocenters. The van der Waals surface area contributed by atoms with Gasteiger partial charge >= 0.3 is 6.03 Å². The van der Waals surface area contributed by atoms with E-state index in [0.29, 0.717) is 6.54 Å². The summed E-state index contributed by atoms with van der Waals surface area (Å²) in [5, 5.41) is 7.28. The standard InChI is InChI=1S/C24H23N5O/c1-16-11-19(13-26-23(16)21-9-10-25-17(2)12-21)14-27-24(30)29-15-22(18(3)28-29)20-7-5-4-6-8-20/h4-13,15H,14H2,1-3H3,(H,27,30). The molecule has 0 atom stereocenters. The predicted molar refractivity (Wildman–Crippen MR) is 117 cm³/mol. The van der Waals surface area contributed by atoms with Crippen molar-refractivity contribution in [3.8, 4) is 22.4 Å². The van der Waals surface area contributed by atoms with Crippen molar-refractivity contribution in [3.05, 3.63) is 89.6 Å². The zero-order valence-corrected chi connectivity index (χ0v) is 17.3. The van der Waals surface area contributed by atoms with Gasteiger partial charge in [-0.3, -0.25) is 9.97 Å². The van der Waals surface area contributed by atoms with Gasteiger partial charge in [0.05, 0.1) is 11.4 Å². The monoisotopic (exact) mass is 397 g/mol. The maximum absolute atomic E-state index is 12.6. The second-order valence-corrected chi connectivity index (χ2v) is 7.29. The van der Waals surface area contributed by atoms with Gasteiger partial charge in [-0.05, 0) is 49.6 Å². The lowest BCUT2D eigenvalue weighted by Crippen LogP contribution is -2.28. The second-order valence-electron chi connectivity index (χ2n) is 7.29. The lowest BCUT2D eigenvalue weighted by molar-refractivity contribution is 0.239. The molecule has 3 aromatic heterocycles. The fourth-order valence-corrected chi connectivity index (χ4v) is 3.45. The smallest absolute Gasteiger partial charge is 0.332 e. The summed E-state index contributed by atoms with van der Waals surface area (Å²) in [6.45, 7) is 6.26. The number of benzene rings is 1. The molecule has 6 nitrogen and oxygen atoms in total. The molecule has 0 saturated carbocycles. The first-order valence-corrected chi connectivity index (χ1v) is 9.79. The topological polar surface area (TPSA) is 72.7 Å². The summed E-state index contributed by atoms with van der Waals surface area (Å²) >= 11 is 0. The Labute approximate surface area is 175 Å². The highest BCUT2D eigenvalue weighted by atomic mass is 16.2. The molecule has 0 saturated heterocycles. The van der Waals surface area contributed by atoms with Crippen LogP contribution in [0.25, 0.3) is 22.4 Å². The van der Waals surface area contributed by atoms with Crippen LogP contribution < -0.4 is 5.32 Å². The lowest BCUT2D eigenvalue weighted by Gasteiger charge is -2.09. The molecule has 0 aliphatic rings. The van der Waals surface area contributed by atoms with Crippen LogP contribution in [-0.2, 0) is 6.54 Å². The van der Waals surface area contributed by atoms with Crippen molar-refractivity contribution in [1.82, 2.24) is 25.1 Å². The average molecular weight is 397 g/mol. The Morgan fingerprint density at radius 3 is 2.53 bits per heavy atom. The number of hydrogen-bond acceptors (Lipinski definition) is 4. The Kier molecular flexibility index (Phi) is 5.39. The van der Waals surface area contributed by atoms with E-state index in [1.165, 1.54) is 4.68 Å². The zero-order valence-electron chi connectivity index (χ0n) is 17.3. The number of carbonyl (C=O) groups excluding carboxylic acids is 1. The second kappa shape index (κ2) is 8.29. The summed E-state index contributed by atoms with van der Waals surface area (Å²) in [6.07, 6.45) is 5.34. The summed E-state index contributed by atoms with van der Waals surface area (Å²) in [6, 6.07) is 15.7. The minimum Gasteiger partial charge on any atom is -0.332 e. The van der Waals surface area contributed by atoms with E-state index in [1.54, 1.807) is 18.6 Å². The quantitative estimate of drug-likeness (QED) is 0.542. The fourth-order valence-electron chi connectivity index (χ4n) is 3.45. The van der Waals surface area contributed by atoms with Crippen LogP contribution in [0.5, 0.6) is 0 Å². The van der Waals surface area contributed by atoms with Crippen molar-refractivity contribution in [2.75, 3.05) is 0 Å². The first-order valence-electron chi connectivity index (χ1n) is 9.79. The molecule has 0 fully saturated rings. The van der Waals surface area contributed by atoms with Crippen molar-refractivity contribution in [2.45, 2.75) is 27.3 Å². The van der Waals surface area contributed by atoms with Crippen molar-refractivity contribution in [1.29, 1.82) is 0 Å². The SMILES string of the molecule is Cc1cc(-c2ncc(CNC(=O)n3cc(-c4ccccc4)c(C)n3)cc2C)ccn1. The van der Waals surface area contributed by atoms with Gasteiger partial charge in [0.2, 0.25) is 0 Å². The molecule has 4 rings (SSSR count). The molecule has 0 spiro atoms. The zero-order chi connectivity index (χ0) is 21.1. The van der Waals surface area contributed by atoms with Gasteiger partial charge in [-0.1, -0.05) is 36.4 Å².